The van der Waals surface area contributed by atoms with Gasteiger partial charge < -0.3 is 14.8 Å². The highest BCUT2D eigenvalue weighted by molar-refractivity contribution is 5.79. The number of hydrogen-bond donors (Lipinski definition) is 1. The highest BCUT2D eigenvalue weighted by Crippen LogP contribution is 2.24. The fourth-order valence-electron chi connectivity index (χ4n) is 2.02. The van der Waals surface area contributed by atoms with Gasteiger partial charge in [-0.2, -0.15) is 0 Å². The van der Waals surface area contributed by atoms with Gasteiger partial charge in [0.05, 0.1) is 20.6 Å². The number of rotatable bonds is 7. The van der Waals surface area contributed by atoms with Gasteiger partial charge in [-0.25, -0.2) is 0 Å². The normalized spacial score (nSPS) is 11.8. The maximum Gasteiger partial charge on any atom is 0.224 e. The number of hydrogen-bond acceptors (Lipinski definition) is 3. The maximum atomic E-state index is 12.0. The molecule has 1 aromatic carbocycles. The molecule has 0 saturated carbocycles. The number of nitrogens with one attached hydrogen (secondary N) is 1. The summed E-state index contributed by atoms with van der Waals surface area (Å²) in [6, 6.07) is 5.67. The van der Waals surface area contributed by atoms with Crippen LogP contribution >= 0.6 is 0 Å². The molecular weight excluding hydrogens is 242 g/mol. The van der Waals surface area contributed by atoms with Gasteiger partial charge in [-0.3, -0.25) is 4.79 Å². The second kappa shape index (κ2) is 7.67. The van der Waals surface area contributed by atoms with Crippen LogP contribution < -0.4 is 14.8 Å². The van der Waals surface area contributed by atoms with Crippen molar-refractivity contribution in [3.8, 4) is 11.5 Å². The second-order valence-corrected chi connectivity index (χ2v) is 4.61. The average molecular weight is 265 g/mol. The Morgan fingerprint density at radius 3 is 2.63 bits per heavy atom. The molecule has 1 rings (SSSR count). The Morgan fingerprint density at radius 2 is 2.05 bits per heavy atom. The molecule has 4 nitrogen and oxygen atoms in total. The molecule has 0 saturated heterocycles. The minimum Gasteiger partial charge on any atom is -0.497 e. The smallest absolute Gasteiger partial charge is 0.224 e. The third-order valence-electron chi connectivity index (χ3n) is 2.97. The molecule has 0 aliphatic heterocycles. The van der Waals surface area contributed by atoms with Crippen molar-refractivity contribution < 1.29 is 14.3 Å². The van der Waals surface area contributed by atoms with Crippen molar-refractivity contribution in [2.24, 2.45) is 0 Å². The molecule has 1 aromatic rings. The number of carbonyl (C=O) groups is 1. The highest BCUT2D eigenvalue weighted by atomic mass is 16.5. The standard InChI is InChI=1S/C15H23NO3/c1-5-6-11(2)16-15(17)10-12-9-13(18-3)7-8-14(12)19-4/h7-9,11H,5-6,10H2,1-4H3,(H,16,17)/t11-/m0/s1. The third-order valence-corrected chi connectivity index (χ3v) is 2.97. The molecule has 0 heterocycles. The third kappa shape index (κ3) is 4.81. The van der Waals surface area contributed by atoms with Gasteiger partial charge in [-0.1, -0.05) is 13.3 Å². The molecule has 4 heteroatoms. The van der Waals surface area contributed by atoms with Crippen molar-refractivity contribution in [3.63, 3.8) is 0 Å². The van der Waals surface area contributed by atoms with E-state index in [2.05, 4.69) is 12.2 Å². The number of methoxy groups -OCH3 is 2. The van der Waals surface area contributed by atoms with Crippen LogP contribution in [0.1, 0.15) is 32.3 Å². The van der Waals surface area contributed by atoms with Crippen LogP contribution in [0.2, 0.25) is 0 Å². The van der Waals surface area contributed by atoms with Crippen LogP contribution in [-0.2, 0) is 11.2 Å². The summed E-state index contributed by atoms with van der Waals surface area (Å²) >= 11 is 0. The van der Waals surface area contributed by atoms with Crippen molar-refractivity contribution in [1.29, 1.82) is 0 Å². The minimum absolute atomic E-state index is 0.00695. The number of benzene rings is 1. The molecule has 0 aliphatic carbocycles. The van der Waals surface area contributed by atoms with E-state index in [9.17, 15) is 4.79 Å². The Kier molecular flexibility index (Phi) is 6.19. The molecule has 0 fully saturated rings. The first-order valence-corrected chi connectivity index (χ1v) is 6.61. The second-order valence-electron chi connectivity index (χ2n) is 4.61. The quantitative estimate of drug-likeness (QED) is 0.824. The van der Waals surface area contributed by atoms with Crippen LogP contribution in [0.4, 0.5) is 0 Å². The summed E-state index contributed by atoms with van der Waals surface area (Å²) in [5, 5.41) is 2.98. The number of ether oxygens (including phenoxy) is 2. The van der Waals surface area contributed by atoms with Crippen molar-refractivity contribution in [2.45, 2.75) is 39.2 Å². The molecule has 0 bridgehead atoms. The Morgan fingerprint density at radius 1 is 1.32 bits per heavy atom. The first-order chi connectivity index (χ1) is 9.10. The van der Waals surface area contributed by atoms with Crippen LogP contribution in [-0.4, -0.2) is 26.2 Å². The molecule has 106 valence electrons. The van der Waals surface area contributed by atoms with Gasteiger partial charge in [0.15, 0.2) is 0 Å². The van der Waals surface area contributed by atoms with E-state index in [4.69, 9.17) is 9.47 Å². The molecule has 1 atom stereocenters. The van der Waals surface area contributed by atoms with E-state index in [0.29, 0.717) is 12.2 Å². The van der Waals surface area contributed by atoms with Crippen LogP contribution in [0.15, 0.2) is 18.2 Å². The maximum absolute atomic E-state index is 12.0. The van der Waals surface area contributed by atoms with Crippen molar-refractivity contribution in [2.75, 3.05) is 14.2 Å². The molecule has 1 N–H and O–H groups in total. The first kappa shape index (κ1) is 15.3. The van der Waals surface area contributed by atoms with E-state index >= 15 is 0 Å². The fraction of sp³-hybridized carbons (Fsp3) is 0.533. The van der Waals surface area contributed by atoms with Gasteiger partial charge in [-0.15, -0.1) is 0 Å². The Bertz CT molecular complexity index is 418. The number of carbonyl (C=O) groups excluding carboxylic acids is 1. The summed E-state index contributed by atoms with van der Waals surface area (Å²) in [5.74, 6) is 1.44. The van der Waals surface area contributed by atoms with Gasteiger partial charge in [0, 0.05) is 11.6 Å². The summed E-state index contributed by atoms with van der Waals surface area (Å²) in [7, 11) is 3.21. The molecule has 0 spiro atoms. The zero-order chi connectivity index (χ0) is 14.3. The highest BCUT2D eigenvalue weighted by Gasteiger charge is 2.12. The lowest BCUT2D eigenvalue weighted by Gasteiger charge is -2.14. The summed E-state index contributed by atoms with van der Waals surface area (Å²) in [5.41, 5.74) is 0.836. The summed E-state index contributed by atoms with van der Waals surface area (Å²) < 4.78 is 10.4. The molecule has 1 amide bonds. The fourth-order valence-corrected chi connectivity index (χ4v) is 2.02. The van der Waals surface area contributed by atoms with E-state index in [-0.39, 0.29) is 11.9 Å². The predicted octanol–water partition coefficient (Wildman–Crippen LogP) is 2.55. The molecule has 0 radical (unpaired) electrons. The SMILES string of the molecule is CCC[C@H](C)NC(=O)Cc1cc(OC)ccc1OC. The average Bonchev–Trinajstić information content (AvgIpc) is 2.38. The van der Waals surface area contributed by atoms with Crippen molar-refractivity contribution in [3.05, 3.63) is 23.8 Å². The minimum atomic E-state index is 0.00695. The lowest BCUT2D eigenvalue weighted by atomic mass is 10.1. The summed E-state index contributed by atoms with van der Waals surface area (Å²) in [4.78, 5) is 12.0. The number of amides is 1. The van der Waals surface area contributed by atoms with Gasteiger partial charge >= 0.3 is 0 Å². The van der Waals surface area contributed by atoms with Crippen LogP contribution in [0, 0.1) is 0 Å². The Labute approximate surface area is 115 Å². The van der Waals surface area contributed by atoms with E-state index < -0.39 is 0 Å². The van der Waals surface area contributed by atoms with E-state index in [1.54, 1.807) is 14.2 Å². The molecule has 0 aromatic heterocycles. The zero-order valence-corrected chi connectivity index (χ0v) is 12.2. The van der Waals surface area contributed by atoms with E-state index in [0.717, 1.165) is 24.2 Å². The van der Waals surface area contributed by atoms with E-state index in [1.807, 2.05) is 25.1 Å². The van der Waals surface area contributed by atoms with Gasteiger partial charge in [0.25, 0.3) is 0 Å². The van der Waals surface area contributed by atoms with Crippen molar-refractivity contribution in [1.82, 2.24) is 5.32 Å². The zero-order valence-electron chi connectivity index (χ0n) is 12.2. The predicted molar refractivity (Wildman–Crippen MR) is 75.8 cm³/mol. The topological polar surface area (TPSA) is 47.6 Å². The Balaban J connectivity index is 2.71. The monoisotopic (exact) mass is 265 g/mol. The van der Waals surface area contributed by atoms with Gasteiger partial charge in [-0.05, 0) is 31.5 Å². The van der Waals surface area contributed by atoms with Crippen LogP contribution in [0.25, 0.3) is 0 Å². The van der Waals surface area contributed by atoms with Gasteiger partial charge in [0.1, 0.15) is 11.5 Å². The van der Waals surface area contributed by atoms with Gasteiger partial charge in [0.2, 0.25) is 5.91 Å². The molecule has 0 unspecified atom stereocenters. The molecular formula is C15H23NO3. The summed E-state index contributed by atoms with van der Waals surface area (Å²) in [6.07, 6.45) is 2.35. The largest absolute Gasteiger partial charge is 0.497 e. The van der Waals surface area contributed by atoms with Crippen molar-refractivity contribution >= 4 is 5.91 Å². The lowest BCUT2D eigenvalue weighted by molar-refractivity contribution is -0.121. The first-order valence-electron chi connectivity index (χ1n) is 6.61. The van der Waals surface area contributed by atoms with E-state index in [1.165, 1.54) is 0 Å². The lowest BCUT2D eigenvalue weighted by Crippen LogP contribution is -2.33. The van der Waals surface area contributed by atoms with Crippen LogP contribution in [0.5, 0.6) is 11.5 Å². The Hall–Kier alpha value is -1.71. The summed E-state index contributed by atoms with van der Waals surface area (Å²) in [6.45, 7) is 4.12. The van der Waals surface area contributed by atoms with Crippen LogP contribution in [0.3, 0.4) is 0 Å². The molecule has 19 heavy (non-hydrogen) atoms. The molecule has 0 aliphatic rings.